The van der Waals surface area contributed by atoms with Crippen molar-refractivity contribution < 1.29 is 0 Å². The van der Waals surface area contributed by atoms with Crippen LogP contribution in [0.4, 0.5) is 0 Å². The highest BCUT2D eigenvalue weighted by Crippen LogP contribution is 2.11. The predicted molar refractivity (Wildman–Crippen MR) is 50.4 cm³/mol. The minimum absolute atomic E-state index is 0.905. The monoisotopic (exact) mass is 259 g/mol. The van der Waals surface area contributed by atoms with E-state index in [1.807, 2.05) is 16.7 Å². The molecule has 2 rings (SSSR count). The smallest absolute Gasteiger partial charge is 0.160 e. The molecule has 0 radical (unpaired) electrons. The summed E-state index contributed by atoms with van der Waals surface area (Å²) in [6, 6.07) is 2.02. The molecule has 0 amide bonds. The van der Waals surface area contributed by atoms with Crippen LogP contribution in [0.1, 0.15) is 5.56 Å². The number of aromatic nitrogens is 3. The highest BCUT2D eigenvalue weighted by atomic mass is 127. The van der Waals surface area contributed by atoms with Crippen molar-refractivity contribution in [1.29, 1.82) is 0 Å². The van der Waals surface area contributed by atoms with Gasteiger partial charge >= 0.3 is 0 Å². The largest absolute Gasteiger partial charge is 0.288 e. The van der Waals surface area contributed by atoms with Crippen molar-refractivity contribution in [2.24, 2.45) is 0 Å². The average molecular weight is 259 g/mol. The fourth-order valence-corrected chi connectivity index (χ4v) is 1.40. The number of pyridine rings is 1. The molecule has 0 N–H and O–H groups in total. The maximum Gasteiger partial charge on any atom is 0.160 e. The molecule has 56 valence electrons. The molecule has 0 bridgehead atoms. The quantitative estimate of drug-likeness (QED) is 0.673. The van der Waals surface area contributed by atoms with Gasteiger partial charge in [-0.25, -0.2) is 0 Å². The lowest BCUT2D eigenvalue weighted by Crippen LogP contribution is -1.87. The summed E-state index contributed by atoms with van der Waals surface area (Å²) < 4.78 is 3.14. The Morgan fingerprint density at radius 2 is 2.36 bits per heavy atom. The summed E-state index contributed by atoms with van der Waals surface area (Å²) in [6.45, 7) is 2.07. The van der Waals surface area contributed by atoms with Gasteiger partial charge in [-0.05, 0) is 41.1 Å². The van der Waals surface area contributed by atoms with Crippen LogP contribution in [-0.4, -0.2) is 14.6 Å². The second-order valence-electron chi connectivity index (χ2n) is 2.40. The molecule has 3 nitrogen and oxygen atoms in total. The molecule has 0 aliphatic rings. The van der Waals surface area contributed by atoms with Crippen LogP contribution in [0.5, 0.6) is 0 Å². The number of aryl methyl sites for hydroxylation is 1. The topological polar surface area (TPSA) is 30.2 Å². The summed E-state index contributed by atoms with van der Waals surface area (Å²) >= 11 is 2.29. The van der Waals surface area contributed by atoms with Gasteiger partial charge in [0.15, 0.2) is 5.65 Å². The van der Waals surface area contributed by atoms with Gasteiger partial charge in [0, 0.05) is 9.77 Å². The van der Waals surface area contributed by atoms with Crippen LogP contribution in [0.15, 0.2) is 18.6 Å². The standard InChI is InChI=1S/C7H6IN3/c1-5-2-7-10-9-4-11(7)3-6(5)8/h2-4H,1H3. The summed E-state index contributed by atoms with van der Waals surface area (Å²) in [5, 5.41) is 7.72. The zero-order valence-corrected chi connectivity index (χ0v) is 8.11. The molecule has 0 atom stereocenters. The summed E-state index contributed by atoms with van der Waals surface area (Å²) in [4.78, 5) is 0. The minimum Gasteiger partial charge on any atom is -0.288 e. The molecular formula is C7H6IN3. The normalized spacial score (nSPS) is 10.7. The second-order valence-corrected chi connectivity index (χ2v) is 3.56. The van der Waals surface area contributed by atoms with E-state index in [4.69, 9.17) is 0 Å². The molecule has 0 fully saturated rings. The van der Waals surface area contributed by atoms with Gasteiger partial charge in [0.05, 0.1) is 0 Å². The maximum atomic E-state index is 3.93. The first-order chi connectivity index (χ1) is 5.27. The van der Waals surface area contributed by atoms with E-state index in [1.165, 1.54) is 9.13 Å². The molecule has 0 spiro atoms. The lowest BCUT2D eigenvalue weighted by molar-refractivity contribution is 1.10. The van der Waals surface area contributed by atoms with E-state index in [-0.39, 0.29) is 0 Å². The van der Waals surface area contributed by atoms with Gasteiger partial charge in [0.1, 0.15) is 6.33 Å². The Hall–Kier alpha value is -0.650. The van der Waals surface area contributed by atoms with Crippen LogP contribution in [0.2, 0.25) is 0 Å². The Balaban J connectivity index is 2.86. The van der Waals surface area contributed by atoms with E-state index >= 15 is 0 Å². The van der Waals surface area contributed by atoms with E-state index in [2.05, 4.69) is 39.7 Å². The van der Waals surface area contributed by atoms with E-state index in [9.17, 15) is 0 Å². The first kappa shape index (κ1) is 7.02. The summed E-state index contributed by atoms with van der Waals surface area (Å²) in [5.41, 5.74) is 2.15. The Morgan fingerprint density at radius 3 is 3.18 bits per heavy atom. The number of rotatable bonds is 0. The van der Waals surface area contributed by atoms with Crippen LogP contribution in [-0.2, 0) is 0 Å². The molecule has 0 aliphatic heterocycles. The summed E-state index contributed by atoms with van der Waals surface area (Å²) in [7, 11) is 0. The first-order valence-corrected chi connectivity index (χ1v) is 4.31. The molecular weight excluding hydrogens is 253 g/mol. The number of halogens is 1. The summed E-state index contributed by atoms with van der Waals surface area (Å²) in [5.74, 6) is 0. The third-order valence-electron chi connectivity index (χ3n) is 1.58. The molecule has 2 aromatic heterocycles. The van der Waals surface area contributed by atoms with Crippen LogP contribution < -0.4 is 0 Å². The van der Waals surface area contributed by atoms with E-state index < -0.39 is 0 Å². The van der Waals surface area contributed by atoms with Gasteiger partial charge in [0.25, 0.3) is 0 Å². The predicted octanol–water partition coefficient (Wildman–Crippen LogP) is 1.64. The molecule has 0 aliphatic carbocycles. The lowest BCUT2D eigenvalue weighted by atomic mass is 10.3. The Morgan fingerprint density at radius 1 is 1.55 bits per heavy atom. The second kappa shape index (κ2) is 2.44. The van der Waals surface area contributed by atoms with Gasteiger partial charge in [-0.1, -0.05) is 0 Å². The van der Waals surface area contributed by atoms with Crippen LogP contribution in [0.3, 0.4) is 0 Å². The van der Waals surface area contributed by atoms with Gasteiger partial charge in [-0.15, -0.1) is 10.2 Å². The maximum absolute atomic E-state index is 3.93. The van der Waals surface area contributed by atoms with Gasteiger partial charge in [0.2, 0.25) is 0 Å². The van der Waals surface area contributed by atoms with Crippen molar-refractivity contribution in [2.45, 2.75) is 6.92 Å². The zero-order chi connectivity index (χ0) is 7.84. The molecule has 0 unspecified atom stereocenters. The lowest BCUT2D eigenvalue weighted by Gasteiger charge is -1.97. The van der Waals surface area contributed by atoms with E-state index in [1.54, 1.807) is 6.33 Å². The van der Waals surface area contributed by atoms with Crippen molar-refractivity contribution in [2.75, 3.05) is 0 Å². The molecule has 0 saturated heterocycles. The Labute approximate surface area is 77.6 Å². The van der Waals surface area contributed by atoms with Gasteiger partial charge in [-0.3, -0.25) is 4.40 Å². The highest BCUT2D eigenvalue weighted by Gasteiger charge is 1.98. The van der Waals surface area contributed by atoms with Crippen molar-refractivity contribution in [1.82, 2.24) is 14.6 Å². The SMILES string of the molecule is Cc1cc2nncn2cc1I. The molecule has 0 aromatic carbocycles. The van der Waals surface area contributed by atoms with Gasteiger partial charge < -0.3 is 0 Å². The zero-order valence-electron chi connectivity index (χ0n) is 5.95. The average Bonchev–Trinajstić information content (AvgIpc) is 2.36. The molecule has 4 heteroatoms. The van der Waals surface area contributed by atoms with Crippen molar-refractivity contribution in [3.8, 4) is 0 Å². The Kier molecular flexibility index (Phi) is 1.56. The fourth-order valence-electron chi connectivity index (χ4n) is 0.941. The highest BCUT2D eigenvalue weighted by molar-refractivity contribution is 14.1. The fraction of sp³-hybridized carbons (Fsp3) is 0.143. The third kappa shape index (κ3) is 1.11. The van der Waals surface area contributed by atoms with Crippen molar-refractivity contribution >= 4 is 28.2 Å². The van der Waals surface area contributed by atoms with E-state index in [0.717, 1.165) is 5.65 Å². The first-order valence-electron chi connectivity index (χ1n) is 3.23. The molecule has 2 heterocycles. The number of hydrogen-bond donors (Lipinski definition) is 0. The molecule has 0 saturated carbocycles. The number of fused-ring (bicyclic) bond motifs is 1. The van der Waals surface area contributed by atoms with Crippen molar-refractivity contribution in [3.05, 3.63) is 27.7 Å². The molecule has 2 aromatic rings. The van der Waals surface area contributed by atoms with E-state index in [0.29, 0.717) is 0 Å². The minimum atomic E-state index is 0.905. The van der Waals surface area contributed by atoms with Gasteiger partial charge in [-0.2, -0.15) is 0 Å². The van der Waals surface area contributed by atoms with Crippen molar-refractivity contribution in [3.63, 3.8) is 0 Å². The van der Waals surface area contributed by atoms with Crippen LogP contribution in [0, 0.1) is 10.5 Å². The number of nitrogens with zero attached hydrogens (tertiary/aromatic N) is 3. The van der Waals surface area contributed by atoms with Crippen LogP contribution >= 0.6 is 22.6 Å². The molecule has 11 heavy (non-hydrogen) atoms. The third-order valence-corrected chi connectivity index (χ3v) is 2.70. The number of hydrogen-bond acceptors (Lipinski definition) is 2. The van der Waals surface area contributed by atoms with Crippen LogP contribution in [0.25, 0.3) is 5.65 Å². The Bertz CT molecular complexity index is 357. The summed E-state index contributed by atoms with van der Waals surface area (Å²) in [6.07, 6.45) is 3.72.